The predicted octanol–water partition coefficient (Wildman–Crippen LogP) is 1.87. The zero-order valence-electron chi connectivity index (χ0n) is 13.9. The number of nitrogens with two attached hydrogens (primary N) is 1. The van der Waals surface area contributed by atoms with E-state index in [4.69, 9.17) is 15.5 Å². The van der Waals surface area contributed by atoms with E-state index < -0.39 is 10.1 Å². The number of hydroxylamine groups is 1. The molecule has 0 saturated heterocycles. The summed E-state index contributed by atoms with van der Waals surface area (Å²) in [4.78, 5) is -0.0666. The van der Waals surface area contributed by atoms with Crippen LogP contribution in [0, 0.1) is 6.92 Å². The van der Waals surface area contributed by atoms with Crippen molar-refractivity contribution in [1.82, 2.24) is 5.48 Å². The number of hydrogen-bond donors (Lipinski definition) is 4. The zero-order chi connectivity index (χ0) is 18.9. The van der Waals surface area contributed by atoms with Crippen molar-refractivity contribution in [3.8, 4) is 0 Å². The molecule has 0 unspecified atom stereocenters. The van der Waals surface area contributed by atoms with Gasteiger partial charge in [0.15, 0.2) is 6.21 Å². The van der Waals surface area contributed by atoms with Gasteiger partial charge in [-0.3, -0.25) is 9.76 Å². The molecule has 5 N–H and O–H groups in total. The van der Waals surface area contributed by atoms with Crippen LogP contribution < -0.4 is 11.2 Å². The van der Waals surface area contributed by atoms with Gasteiger partial charge in [0, 0.05) is 24.2 Å². The lowest BCUT2D eigenvalue weighted by molar-refractivity contribution is -0.441. The van der Waals surface area contributed by atoms with Gasteiger partial charge in [-0.25, -0.2) is 5.48 Å². The van der Waals surface area contributed by atoms with E-state index in [0.29, 0.717) is 0 Å². The normalized spacial score (nSPS) is 12.2. The first-order valence-electron chi connectivity index (χ1n) is 7.20. The average Bonchev–Trinajstić information content (AvgIpc) is 2.60. The third-order valence-electron chi connectivity index (χ3n) is 2.91. The Morgan fingerprint density at radius 3 is 2.16 bits per heavy atom. The van der Waals surface area contributed by atoms with E-state index in [9.17, 15) is 8.42 Å². The topological polar surface area (TPSA) is 128 Å². The van der Waals surface area contributed by atoms with Crippen LogP contribution in [-0.2, 0) is 10.1 Å². The molecular formula is C16H21N4O4S+. The van der Waals surface area contributed by atoms with E-state index in [2.05, 4.69) is 5.10 Å². The minimum atomic E-state index is -4.02. The summed E-state index contributed by atoms with van der Waals surface area (Å²) in [6, 6.07) is 15.5. The molecule has 0 saturated carbocycles. The van der Waals surface area contributed by atoms with E-state index in [1.54, 1.807) is 28.5 Å². The number of para-hydroxylation sites is 1. The molecule has 0 aliphatic heterocycles. The highest BCUT2D eigenvalue weighted by Gasteiger charge is 2.07. The summed E-state index contributed by atoms with van der Waals surface area (Å²) in [6.45, 7) is 3.66. The van der Waals surface area contributed by atoms with Gasteiger partial charge in [-0.2, -0.15) is 8.42 Å². The van der Waals surface area contributed by atoms with Gasteiger partial charge in [0.05, 0.1) is 4.90 Å². The predicted molar refractivity (Wildman–Crippen MR) is 95.6 cm³/mol. The third kappa shape index (κ3) is 7.12. The van der Waals surface area contributed by atoms with E-state index in [0.717, 1.165) is 11.3 Å². The first kappa shape index (κ1) is 20.3. The fraction of sp³-hybridized carbons (Fsp3) is 0.125. The second-order valence-electron chi connectivity index (χ2n) is 4.82. The monoisotopic (exact) mass is 365 g/mol. The number of benzene rings is 2. The van der Waals surface area contributed by atoms with Crippen molar-refractivity contribution in [3.63, 3.8) is 0 Å². The van der Waals surface area contributed by atoms with Gasteiger partial charge in [0.25, 0.3) is 16.1 Å². The Hall–Kier alpha value is -2.75. The lowest BCUT2D eigenvalue weighted by atomic mass is 10.2. The van der Waals surface area contributed by atoms with Crippen LogP contribution in [0.1, 0.15) is 12.5 Å². The van der Waals surface area contributed by atoms with Gasteiger partial charge >= 0.3 is 0 Å². The summed E-state index contributed by atoms with van der Waals surface area (Å²) in [7, 11) is -4.02. The maximum atomic E-state index is 10.5. The number of nitrogens with one attached hydrogen (secondary N) is 1. The zero-order valence-corrected chi connectivity index (χ0v) is 14.7. The molecule has 0 amide bonds. The molecule has 0 aromatic heterocycles. The highest BCUT2D eigenvalue weighted by Crippen LogP contribution is 2.09. The Morgan fingerprint density at radius 2 is 1.72 bits per heavy atom. The van der Waals surface area contributed by atoms with Gasteiger partial charge in [0.1, 0.15) is 0 Å². The summed E-state index contributed by atoms with van der Waals surface area (Å²) in [5.41, 5.74) is 8.90. The molecule has 0 heterocycles. The van der Waals surface area contributed by atoms with E-state index >= 15 is 0 Å². The van der Waals surface area contributed by atoms with Gasteiger partial charge in [-0.05, 0) is 19.1 Å². The Bertz CT molecular complexity index is 832. The first-order valence-corrected chi connectivity index (χ1v) is 8.64. The Morgan fingerprint density at radius 1 is 1.16 bits per heavy atom. The molecular weight excluding hydrogens is 344 g/mol. The maximum Gasteiger partial charge on any atom is 0.294 e. The highest BCUT2D eigenvalue weighted by molar-refractivity contribution is 7.85. The van der Waals surface area contributed by atoms with Gasteiger partial charge < -0.3 is 5.73 Å². The molecule has 0 radical (unpaired) electrons. The van der Waals surface area contributed by atoms with Crippen molar-refractivity contribution in [1.29, 1.82) is 0 Å². The number of rotatable bonds is 3. The average molecular weight is 365 g/mol. The van der Waals surface area contributed by atoms with Crippen molar-refractivity contribution >= 4 is 28.0 Å². The molecule has 0 aliphatic carbocycles. The number of hydrazone groups is 1. The number of aryl methyl sites for hydroxylation is 1. The molecule has 0 fully saturated rings. The van der Waals surface area contributed by atoms with Crippen LogP contribution in [0.15, 0.2) is 64.6 Å². The fourth-order valence-electron chi connectivity index (χ4n) is 1.69. The van der Waals surface area contributed by atoms with Crippen LogP contribution in [0.3, 0.4) is 0 Å². The largest absolute Gasteiger partial charge is 0.363 e. The summed E-state index contributed by atoms with van der Waals surface area (Å²) in [5.74, 6) is -0.0630. The maximum absolute atomic E-state index is 10.5. The van der Waals surface area contributed by atoms with Crippen molar-refractivity contribution in [2.24, 2.45) is 10.8 Å². The molecule has 0 spiro atoms. The van der Waals surface area contributed by atoms with Crippen LogP contribution in [0.5, 0.6) is 0 Å². The Kier molecular flexibility index (Phi) is 7.73. The van der Waals surface area contributed by atoms with Crippen LogP contribution in [0.2, 0.25) is 0 Å². The van der Waals surface area contributed by atoms with Crippen molar-refractivity contribution in [2.75, 3.05) is 0 Å². The molecule has 2 rings (SSSR count). The molecule has 25 heavy (non-hydrogen) atoms. The minimum absolute atomic E-state index is 0.0630. The van der Waals surface area contributed by atoms with Gasteiger partial charge in [-0.1, -0.05) is 40.6 Å². The summed E-state index contributed by atoms with van der Waals surface area (Å²) in [5, 5.41) is 12.4. The molecule has 2 aromatic carbocycles. The third-order valence-corrected chi connectivity index (χ3v) is 3.78. The molecule has 9 heteroatoms. The summed E-state index contributed by atoms with van der Waals surface area (Å²) < 4.78 is 31.1. The molecule has 0 aliphatic rings. The smallest absolute Gasteiger partial charge is 0.294 e. The van der Waals surface area contributed by atoms with Crippen molar-refractivity contribution in [2.45, 2.75) is 18.7 Å². The molecule has 0 bridgehead atoms. The van der Waals surface area contributed by atoms with Crippen LogP contribution in [0.25, 0.3) is 0 Å². The minimum Gasteiger partial charge on any atom is -0.363 e. The second-order valence-corrected chi connectivity index (χ2v) is 6.25. The van der Waals surface area contributed by atoms with Crippen LogP contribution >= 0.6 is 0 Å². The quantitative estimate of drug-likeness (QED) is 0.216. The van der Waals surface area contributed by atoms with Crippen LogP contribution in [-0.4, -0.2) is 35.0 Å². The number of guanidine groups is 1. The molecule has 134 valence electrons. The number of nitrogens with zero attached hydrogens (tertiary/aromatic N) is 2. The Labute approximate surface area is 146 Å². The second kappa shape index (κ2) is 9.52. The van der Waals surface area contributed by atoms with E-state index in [1.807, 2.05) is 44.2 Å². The van der Waals surface area contributed by atoms with Gasteiger partial charge in [-0.15, -0.1) is 0 Å². The van der Waals surface area contributed by atoms with E-state index in [-0.39, 0.29) is 10.9 Å². The van der Waals surface area contributed by atoms with Crippen molar-refractivity contribution in [3.05, 3.63) is 60.2 Å². The summed E-state index contributed by atoms with van der Waals surface area (Å²) >= 11 is 0. The summed E-state index contributed by atoms with van der Waals surface area (Å²) in [6.07, 6.45) is 1.74. The molecule has 8 nitrogen and oxygen atoms in total. The fourth-order valence-corrected chi connectivity index (χ4v) is 2.17. The van der Waals surface area contributed by atoms with Crippen molar-refractivity contribution < 1.29 is 22.9 Å². The lowest BCUT2D eigenvalue weighted by Crippen LogP contribution is -2.29. The lowest BCUT2D eigenvalue weighted by Gasteiger charge is -1.95. The standard InChI is InChI=1S/C9H13N4O.C7H8O3S/c1-2-13(11-9(10)12-14)8-6-4-3-5-7-8;1-6-2-4-7(5-3-6)11(8,9)10/h2-7,14H,1H3,(H3,10,11,12);2-5H,1H3,(H,8,9,10)/q+1;. The highest BCUT2D eigenvalue weighted by atomic mass is 32.2. The first-order chi connectivity index (χ1) is 11.8. The van der Waals surface area contributed by atoms with E-state index in [1.165, 1.54) is 12.1 Å². The SMILES string of the molecule is CC=[N+](N=C(N)NO)c1ccccc1.Cc1ccc(S(=O)(=O)O)cc1. The number of hydrogen-bond acceptors (Lipinski definition) is 4. The molecule has 0 atom stereocenters. The van der Waals surface area contributed by atoms with Gasteiger partial charge in [0.2, 0.25) is 5.69 Å². The molecule has 2 aromatic rings. The van der Waals surface area contributed by atoms with Crippen LogP contribution in [0.4, 0.5) is 5.69 Å². The Balaban J connectivity index is 0.000000257.